The SMILES string of the molecule is Cc1ccccc1NC(N)=N[C@H]1CC[C@@]2(C)C(=CC[C@H]3[C@@H]4CC[C@H]([C@H](C)CCCC(C)C)[C@@]4(C)CC[C@@H]32)C1. The van der Waals surface area contributed by atoms with Gasteiger partial charge in [-0.05, 0) is 116 Å². The van der Waals surface area contributed by atoms with Gasteiger partial charge in [0.1, 0.15) is 0 Å². The summed E-state index contributed by atoms with van der Waals surface area (Å²) < 4.78 is 0. The molecule has 0 unspecified atom stereocenters. The highest BCUT2D eigenvalue weighted by molar-refractivity contribution is 5.93. The molecule has 4 aliphatic carbocycles. The van der Waals surface area contributed by atoms with Crippen molar-refractivity contribution in [3.8, 4) is 0 Å². The molecule has 1 aromatic rings. The van der Waals surface area contributed by atoms with Gasteiger partial charge in [-0.25, -0.2) is 4.99 Å². The number of guanidine groups is 1. The van der Waals surface area contributed by atoms with Crippen molar-refractivity contribution < 1.29 is 0 Å². The van der Waals surface area contributed by atoms with Crippen molar-refractivity contribution in [1.82, 2.24) is 0 Å². The first kappa shape index (κ1) is 27.8. The molecule has 3 heteroatoms. The quantitative estimate of drug-likeness (QED) is 0.215. The number of para-hydroxylation sites is 1. The van der Waals surface area contributed by atoms with E-state index in [0.29, 0.717) is 22.8 Å². The summed E-state index contributed by atoms with van der Waals surface area (Å²) in [6, 6.07) is 8.61. The highest BCUT2D eigenvalue weighted by Gasteiger charge is 2.59. The Bertz CT molecular complexity index is 1040. The van der Waals surface area contributed by atoms with E-state index < -0.39 is 0 Å². The summed E-state index contributed by atoms with van der Waals surface area (Å²) in [6.07, 6.45) is 17.6. The molecule has 3 fully saturated rings. The zero-order valence-electron chi connectivity index (χ0n) is 25.2. The van der Waals surface area contributed by atoms with E-state index in [1.54, 1.807) is 5.57 Å². The van der Waals surface area contributed by atoms with Crippen LogP contribution >= 0.6 is 0 Å². The van der Waals surface area contributed by atoms with Crippen LogP contribution in [0.2, 0.25) is 0 Å². The zero-order chi connectivity index (χ0) is 27.1. The summed E-state index contributed by atoms with van der Waals surface area (Å²) in [5, 5.41) is 3.35. The molecule has 3 N–H and O–H groups in total. The Balaban J connectivity index is 1.25. The van der Waals surface area contributed by atoms with Crippen molar-refractivity contribution in [3.63, 3.8) is 0 Å². The predicted octanol–water partition coefficient (Wildman–Crippen LogP) is 9.13. The van der Waals surface area contributed by atoms with Crippen molar-refractivity contribution in [2.45, 2.75) is 118 Å². The van der Waals surface area contributed by atoms with Crippen LogP contribution < -0.4 is 11.1 Å². The standard InChI is InChI=1S/C35H55N3/c1-23(2)10-9-12-24(3)29-16-17-30-28-15-14-26-22-27(37-33(36)38-32-13-8-7-11-25(32)4)18-20-34(26,5)31(28)19-21-35(29,30)6/h7-8,11,13-14,23-24,27-31H,9-10,12,15-22H2,1-6H3,(H3,36,37,38)/t24-,27+,28+,29-,30+,31+,34+,35-/m1/s1. The molecule has 0 heterocycles. The molecule has 5 rings (SSSR count). The minimum absolute atomic E-state index is 0.304. The summed E-state index contributed by atoms with van der Waals surface area (Å²) >= 11 is 0. The first-order valence-electron chi connectivity index (χ1n) is 16.0. The maximum atomic E-state index is 6.39. The molecule has 38 heavy (non-hydrogen) atoms. The fraction of sp³-hybridized carbons (Fsp3) is 0.743. The normalized spacial score (nSPS) is 37.7. The number of fused-ring (bicyclic) bond motifs is 5. The van der Waals surface area contributed by atoms with Gasteiger partial charge in [-0.3, -0.25) is 0 Å². The predicted molar refractivity (Wildman–Crippen MR) is 163 cm³/mol. The van der Waals surface area contributed by atoms with Gasteiger partial charge in [-0.2, -0.15) is 0 Å². The first-order chi connectivity index (χ1) is 18.1. The molecular weight excluding hydrogens is 462 g/mol. The lowest BCUT2D eigenvalue weighted by molar-refractivity contribution is -0.0508. The van der Waals surface area contributed by atoms with Crippen LogP contribution in [0, 0.1) is 53.3 Å². The van der Waals surface area contributed by atoms with Crippen LogP contribution in [0.1, 0.15) is 111 Å². The second-order valence-corrected chi connectivity index (χ2v) is 14.6. The fourth-order valence-corrected chi connectivity index (χ4v) is 9.86. The smallest absolute Gasteiger partial charge is 0.193 e. The summed E-state index contributed by atoms with van der Waals surface area (Å²) in [6.45, 7) is 14.8. The molecule has 3 nitrogen and oxygen atoms in total. The average molecular weight is 518 g/mol. The van der Waals surface area contributed by atoms with E-state index >= 15 is 0 Å². The van der Waals surface area contributed by atoms with E-state index in [4.69, 9.17) is 10.7 Å². The van der Waals surface area contributed by atoms with E-state index in [2.05, 4.69) is 71.1 Å². The highest BCUT2D eigenvalue weighted by atomic mass is 15.1. The summed E-state index contributed by atoms with van der Waals surface area (Å²) in [5.41, 5.74) is 11.3. The van der Waals surface area contributed by atoms with Crippen LogP contribution in [0.4, 0.5) is 5.69 Å². The van der Waals surface area contributed by atoms with Crippen molar-refractivity contribution in [3.05, 3.63) is 41.5 Å². The van der Waals surface area contributed by atoms with Crippen LogP contribution in [0.3, 0.4) is 0 Å². The molecule has 0 amide bonds. The highest BCUT2D eigenvalue weighted by Crippen LogP contribution is 2.67. The largest absolute Gasteiger partial charge is 0.370 e. The van der Waals surface area contributed by atoms with Gasteiger partial charge in [0.15, 0.2) is 5.96 Å². The second-order valence-electron chi connectivity index (χ2n) is 14.6. The first-order valence-corrected chi connectivity index (χ1v) is 16.0. The Morgan fingerprint density at radius 2 is 1.82 bits per heavy atom. The lowest BCUT2D eigenvalue weighted by Crippen LogP contribution is -2.50. The van der Waals surface area contributed by atoms with Gasteiger partial charge in [0, 0.05) is 5.69 Å². The number of benzene rings is 1. The number of hydrogen-bond donors (Lipinski definition) is 2. The van der Waals surface area contributed by atoms with Crippen molar-refractivity contribution in [2.75, 3.05) is 5.32 Å². The molecule has 3 saturated carbocycles. The summed E-state index contributed by atoms with van der Waals surface area (Å²) in [5.74, 6) is 5.92. The van der Waals surface area contributed by atoms with Gasteiger partial charge >= 0.3 is 0 Å². The number of nitrogens with zero attached hydrogens (tertiary/aromatic N) is 1. The van der Waals surface area contributed by atoms with Gasteiger partial charge in [-0.1, -0.05) is 83.7 Å². The number of rotatable bonds is 7. The molecule has 1 aromatic carbocycles. The van der Waals surface area contributed by atoms with Crippen molar-refractivity contribution in [1.29, 1.82) is 0 Å². The van der Waals surface area contributed by atoms with Crippen LogP contribution in [0.5, 0.6) is 0 Å². The second kappa shape index (κ2) is 11.0. The summed E-state index contributed by atoms with van der Waals surface area (Å²) in [4.78, 5) is 4.97. The fourth-order valence-electron chi connectivity index (χ4n) is 9.86. The van der Waals surface area contributed by atoms with Gasteiger partial charge in [-0.15, -0.1) is 0 Å². The molecule has 4 aliphatic rings. The molecule has 0 saturated heterocycles. The van der Waals surface area contributed by atoms with Gasteiger partial charge in [0.25, 0.3) is 0 Å². The van der Waals surface area contributed by atoms with Crippen LogP contribution in [-0.4, -0.2) is 12.0 Å². The number of aliphatic imine (C=N–C) groups is 1. The molecule has 0 bridgehead atoms. The minimum atomic E-state index is 0.304. The molecule has 210 valence electrons. The number of allylic oxidation sites excluding steroid dienone is 1. The molecule has 0 aliphatic heterocycles. The Morgan fingerprint density at radius 1 is 1.03 bits per heavy atom. The van der Waals surface area contributed by atoms with Crippen LogP contribution in [0.25, 0.3) is 0 Å². The third-order valence-corrected chi connectivity index (χ3v) is 12.0. The van der Waals surface area contributed by atoms with E-state index in [-0.39, 0.29) is 0 Å². The maximum absolute atomic E-state index is 6.39. The van der Waals surface area contributed by atoms with Crippen molar-refractivity contribution in [2.24, 2.45) is 57.1 Å². The lowest BCUT2D eigenvalue weighted by Gasteiger charge is -2.58. The molecule has 0 spiro atoms. The van der Waals surface area contributed by atoms with E-state index in [1.807, 2.05) is 6.07 Å². The minimum Gasteiger partial charge on any atom is -0.370 e. The molecule has 0 aromatic heterocycles. The van der Waals surface area contributed by atoms with E-state index in [9.17, 15) is 0 Å². The number of aryl methyl sites for hydroxylation is 1. The van der Waals surface area contributed by atoms with Gasteiger partial charge < -0.3 is 11.1 Å². The lowest BCUT2D eigenvalue weighted by atomic mass is 9.47. The van der Waals surface area contributed by atoms with Crippen LogP contribution in [0.15, 0.2) is 40.9 Å². The van der Waals surface area contributed by atoms with E-state index in [0.717, 1.165) is 54.0 Å². The van der Waals surface area contributed by atoms with Crippen molar-refractivity contribution >= 4 is 11.6 Å². The van der Waals surface area contributed by atoms with E-state index in [1.165, 1.54) is 63.4 Å². The average Bonchev–Trinajstić information content (AvgIpc) is 3.23. The van der Waals surface area contributed by atoms with Crippen LogP contribution in [-0.2, 0) is 0 Å². The third kappa shape index (κ3) is 5.20. The van der Waals surface area contributed by atoms with Gasteiger partial charge in [0.05, 0.1) is 6.04 Å². The monoisotopic (exact) mass is 517 g/mol. The maximum Gasteiger partial charge on any atom is 0.193 e. The zero-order valence-corrected chi connectivity index (χ0v) is 25.2. The number of hydrogen-bond acceptors (Lipinski definition) is 1. The number of anilines is 1. The molecular formula is C35H55N3. The Kier molecular flexibility index (Phi) is 8.05. The molecule has 8 atom stereocenters. The Morgan fingerprint density at radius 3 is 2.58 bits per heavy atom. The number of nitrogens with two attached hydrogens (primary N) is 1. The topological polar surface area (TPSA) is 50.4 Å². The van der Waals surface area contributed by atoms with Gasteiger partial charge in [0.2, 0.25) is 0 Å². The Hall–Kier alpha value is -1.77. The summed E-state index contributed by atoms with van der Waals surface area (Å²) in [7, 11) is 0. The molecule has 0 radical (unpaired) electrons. The number of nitrogens with one attached hydrogen (secondary N) is 1. The third-order valence-electron chi connectivity index (χ3n) is 12.0. The Labute approximate surface area is 233 Å².